The summed E-state index contributed by atoms with van der Waals surface area (Å²) in [7, 11) is -10.6. The van der Waals surface area contributed by atoms with Gasteiger partial charge in [0, 0.05) is 6.92 Å². The summed E-state index contributed by atoms with van der Waals surface area (Å²) in [5.74, 6) is -5.42. The van der Waals surface area contributed by atoms with Gasteiger partial charge in [-0.25, -0.2) is 13.2 Å². The van der Waals surface area contributed by atoms with Gasteiger partial charge in [0.25, 0.3) is 0 Å². The molecule has 35 heavy (non-hydrogen) atoms. The summed E-state index contributed by atoms with van der Waals surface area (Å²) in [5.41, 5.74) is 0. The maximum atomic E-state index is 11.6. The highest BCUT2D eigenvalue weighted by atomic mass is 32.3. The van der Waals surface area contributed by atoms with Gasteiger partial charge in [-0.15, -0.1) is 0 Å². The molecule has 19 nitrogen and oxygen atoms in total. The molecule has 8 atom stereocenters. The number of carboxylic acids is 1. The van der Waals surface area contributed by atoms with Crippen molar-refractivity contribution in [2.24, 2.45) is 0 Å². The molecular weight excluding hydrogens is 534 g/mol. The van der Waals surface area contributed by atoms with Gasteiger partial charge in [0.2, 0.25) is 18.0 Å². The Morgan fingerprint density at radius 2 is 1.66 bits per heavy atom. The molecule has 1 saturated heterocycles. The van der Waals surface area contributed by atoms with Gasteiger partial charge in [0.1, 0.15) is 36.6 Å². The van der Waals surface area contributed by atoms with Gasteiger partial charge in [0.15, 0.2) is 12.0 Å². The topological polar surface area (TPSA) is 302 Å². The molecule has 0 aromatic carbocycles. The normalized spacial score (nSPS) is 34.2. The molecule has 2 aliphatic rings. The van der Waals surface area contributed by atoms with E-state index >= 15 is 0 Å². The number of aliphatic hydroxyl groups is 4. The number of carbonyl (C=O) groups excluding carboxylic acids is 1. The van der Waals surface area contributed by atoms with Crippen LogP contribution in [0.3, 0.4) is 0 Å². The number of nitrogens with one attached hydrogen (secondary N) is 1. The third-order valence-corrected chi connectivity index (χ3v) is 5.38. The maximum Gasteiger partial charge on any atom is 0.397 e. The maximum absolute atomic E-state index is 11.6. The summed E-state index contributed by atoms with van der Waals surface area (Å²) in [5, 5.41) is 51.2. The lowest BCUT2D eigenvalue weighted by Gasteiger charge is -2.45. The zero-order valence-corrected chi connectivity index (χ0v) is 18.9. The molecule has 2 rings (SSSR count). The number of hydrogen-bond acceptors (Lipinski definition) is 15. The Morgan fingerprint density at radius 1 is 1.06 bits per heavy atom. The molecule has 1 fully saturated rings. The summed E-state index contributed by atoms with van der Waals surface area (Å²) in [4.78, 5) is 22.9. The number of hydrogen-bond donors (Lipinski definition) is 8. The van der Waals surface area contributed by atoms with Crippen LogP contribution in [-0.2, 0) is 53.0 Å². The number of aliphatic carboxylic acids is 1. The third-order valence-electron chi connectivity index (χ3n) is 4.48. The highest BCUT2D eigenvalue weighted by Crippen LogP contribution is 2.31. The van der Waals surface area contributed by atoms with Gasteiger partial charge in [0.05, 0.1) is 6.61 Å². The van der Waals surface area contributed by atoms with Crippen molar-refractivity contribution in [3.8, 4) is 0 Å². The van der Waals surface area contributed by atoms with Crippen LogP contribution in [0.1, 0.15) is 6.92 Å². The number of aliphatic hydroxyl groups excluding tert-OH is 4. The Morgan fingerprint density at radius 3 is 2.14 bits per heavy atom. The highest BCUT2D eigenvalue weighted by molar-refractivity contribution is 7.81. The van der Waals surface area contributed by atoms with Crippen molar-refractivity contribution in [2.75, 3.05) is 6.61 Å². The summed E-state index contributed by atoms with van der Waals surface area (Å²) >= 11 is 0. The summed E-state index contributed by atoms with van der Waals surface area (Å²) < 4.78 is 86.1. The van der Waals surface area contributed by atoms with Crippen molar-refractivity contribution in [2.45, 2.75) is 56.1 Å². The minimum atomic E-state index is -5.43. The van der Waals surface area contributed by atoms with E-state index in [1.54, 1.807) is 0 Å². The van der Waals surface area contributed by atoms with Crippen LogP contribution in [0.25, 0.3) is 0 Å². The lowest BCUT2D eigenvalue weighted by atomic mass is 9.96. The van der Waals surface area contributed by atoms with Crippen LogP contribution in [0.4, 0.5) is 0 Å². The van der Waals surface area contributed by atoms with Crippen molar-refractivity contribution in [1.82, 2.24) is 5.32 Å². The first-order valence-electron chi connectivity index (χ1n) is 9.14. The van der Waals surface area contributed by atoms with Crippen LogP contribution in [-0.4, -0.2) is 119 Å². The molecule has 0 aromatic rings. The fourth-order valence-electron chi connectivity index (χ4n) is 3.13. The van der Waals surface area contributed by atoms with Gasteiger partial charge in [-0.1, -0.05) is 0 Å². The monoisotopic (exact) mass is 555 g/mol. The van der Waals surface area contributed by atoms with Crippen molar-refractivity contribution in [1.29, 1.82) is 0 Å². The van der Waals surface area contributed by atoms with Gasteiger partial charge in [-0.05, 0) is 0 Å². The predicted octanol–water partition coefficient (Wildman–Crippen LogP) is -4.47. The SMILES string of the molecule is CC(=O)N[C@@H]1[C@@H](O[C@@H]2OC(C(=O)O)=C(O)[C@H](O)[C@H]2O)[C@@H](OS(=O)(=O)O)[C@@H](COS(=O)(=O)O)O[C@H]1O. The van der Waals surface area contributed by atoms with E-state index in [1.165, 1.54) is 0 Å². The van der Waals surface area contributed by atoms with E-state index in [0.29, 0.717) is 0 Å². The molecule has 2 aliphatic heterocycles. The number of amides is 1. The first kappa shape index (κ1) is 29.1. The van der Waals surface area contributed by atoms with Gasteiger partial charge >= 0.3 is 26.8 Å². The Kier molecular flexibility index (Phi) is 8.99. The largest absolute Gasteiger partial charge is 0.506 e. The number of carbonyl (C=O) groups is 2. The smallest absolute Gasteiger partial charge is 0.397 e. The molecule has 0 aromatic heterocycles. The summed E-state index contributed by atoms with van der Waals surface area (Å²) in [6.45, 7) is -0.338. The van der Waals surface area contributed by atoms with E-state index in [1.807, 2.05) is 0 Å². The number of ether oxygens (including phenoxy) is 3. The van der Waals surface area contributed by atoms with Crippen LogP contribution >= 0.6 is 0 Å². The van der Waals surface area contributed by atoms with Crippen molar-refractivity contribution in [3.63, 3.8) is 0 Å². The van der Waals surface area contributed by atoms with Crippen molar-refractivity contribution >= 4 is 32.7 Å². The van der Waals surface area contributed by atoms with E-state index in [9.17, 15) is 46.9 Å². The minimum absolute atomic E-state index is 0.890. The first-order valence-corrected chi connectivity index (χ1v) is 11.9. The lowest BCUT2D eigenvalue weighted by molar-refractivity contribution is -0.300. The van der Waals surface area contributed by atoms with E-state index in [2.05, 4.69) is 13.7 Å². The van der Waals surface area contributed by atoms with Crippen LogP contribution in [0.15, 0.2) is 11.5 Å². The van der Waals surface area contributed by atoms with Crippen LogP contribution in [0.2, 0.25) is 0 Å². The Labute approximate surface area is 196 Å². The molecule has 21 heteroatoms. The fraction of sp³-hybridized carbons (Fsp3) is 0.714. The molecule has 202 valence electrons. The van der Waals surface area contributed by atoms with Crippen LogP contribution in [0.5, 0.6) is 0 Å². The van der Waals surface area contributed by atoms with E-state index in [-0.39, 0.29) is 0 Å². The Bertz CT molecular complexity index is 1060. The quantitative estimate of drug-likeness (QED) is 0.124. The summed E-state index contributed by atoms with van der Waals surface area (Å²) in [6, 6.07) is -1.83. The molecule has 0 unspecified atom stereocenters. The average molecular weight is 555 g/mol. The molecule has 2 heterocycles. The zero-order valence-electron chi connectivity index (χ0n) is 17.3. The number of carboxylic acid groups (broad SMARTS) is 1. The fourth-order valence-corrected chi connectivity index (χ4v) is 3.95. The van der Waals surface area contributed by atoms with Crippen molar-refractivity contribution < 1.29 is 83.6 Å². The zero-order chi connectivity index (χ0) is 26.9. The second-order valence-corrected chi connectivity index (χ2v) is 9.17. The predicted molar refractivity (Wildman–Crippen MR) is 101 cm³/mol. The van der Waals surface area contributed by atoms with Crippen molar-refractivity contribution in [3.05, 3.63) is 11.5 Å². The Balaban J connectivity index is 2.51. The lowest BCUT2D eigenvalue weighted by Crippen LogP contribution is -2.67. The second kappa shape index (κ2) is 10.8. The minimum Gasteiger partial charge on any atom is -0.506 e. The molecule has 1 amide bonds. The molecule has 8 N–H and O–H groups in total. The van der Waals surface area contributed by atoms with E-state index in [4.69, 9.17) is 28.4 Å². The summed E-state index contributed by atoms with van der Waals surface area (Å²) in [6.07, 6.45) is -15.3. The standard InChI is InChI=1S/C14H21NO18S2/c1-3(16)15-5-10(31-14-8(19)6(17)7(18)11(32-14)12(20)21)9(33-35(26,27)28)4(30-13(5)22)2-29-34(23,24)25/h4-6,8-10,13-14,17-19,22H,2H2,1H3,(H,15,16)(H,20,21)(H,23,24,25)(H,26,27,28)/t4-,5-,6+,8-,9+,10-,13-,14-/m1/s1. The molecule has 0 saturated carbocycles. The van der Waals surface area contributed by atoms with Gasteiger partial charge < -0.3 is 45.1 Å². The molecular formula is C14H21NO18S2. The third kappa shape index (κ3) is 7.65. The molecule has 0 aliphatic carbocycles. The second-order valence-electron chi connectivity index (χ2n) is 7.03. The molecule has 0 radical (unpaired) electrons. The number of rotatable bonds is 9. The van der Waals surface area contributed by atoms with Gasteiger partial charge in [-0.3, -0.25) is 13.9 Å². The van der Waals surface area contributed by atoms with Crippen LogP contribution < -0.4 is 5.32 Å². The van der Waals surface area contributed by atoms with Gasteiger partial charge in [-0.2, -0.15) is 16.8 Å². The molecule has 0 spiro atoms. The highest BCUT2D eigenvalue weighted by Gasteiger charge is 2.53. The van der Waals surface area contributed by atoms with Crippen LogP contribution in [0, 0.1) is 0 Å². The Hall–Kier alpha value is -2.18. The van der Waals surface area contributed by atoms with E-state index < -0.39 is 99.9 Å². The molecule has 0 bridgehead atoms. The average Bonchev–Trinajstić information content (AvgIpc) is 2.69. The van der Waals surface area contributed by atoms with E-state index in [0.717, 1.165) is 6.92 Å². The first-order chi connectivity index (χ1) is 15.9.